The molecule has 168 valence electrons. The van der Waals surface area contributed by atoms with Crippen molar-refractivity contribution in [2.75, 3.05) is 13.2 Å². The molecule has 1 heterocycles. The second-order valence-corrected chi connectivity index (χ2v) is 7.78. The second kappa shape index (κ2) is 15.6. The molecule has 0 amide bonds. The third-order valence-corrected chi connectivity index (χ3v) is 5.47. The van der Waals surface area contributed by atoms with Gasteiger partial charge in [0.15, 0.2) is 0 Å². The van der Waals surface area contributed by atoms with Crippen LogP contribution in [-0.4, -0.2) is 13.2 Å². The first-order valence-electron chi connectivity index (χ1n) is 11.3. The Kier molecular flexibility index (Phi) is 12.9. The normalized spacial score (nSPS) is 25.8. The van der Waals surface area contributed by atoms with E-state index in [0.29, 0.717) is 0 Å². The van der Waals surface area contributed by atoms with Crippen molar-refractivity contribution in [3.8, 4) is 0 Å². The quantitative estimate of drug-likeness (QED) is 0.322. The van der Waals surface area contributed by atoms with Crippen molar-refractivity contribution < 1.29 is 43.3 Å². The van der Waals surface area contributed by atoms with E-state index in [9.17, 15) is 0 Å². The minimum absolute atomic E-state index is 0. The zero-order chi connectivity index (χ0) is 21.8. The summed E-state index contributed by atoms with van der Waals surface area (Å²) < 4.78 is 4.94. The van der Waals surface area contributed by atoms with Gasteiger partial charge in [-0.25, -0.2) is 0 Å². The third kappa shape index (κ3) is 9.00. The van der Waals surface area contributed by atoms with Crippen molar-refractivity contribution >= 4 is 0 Å². The van der Waals surface area contributed by atoms with Gasteiger partial charge in [0.05, 0.1) is 0 Å². The molecule has 1 aliphatic heterocycles. The fourth-order valence-electron chi connectivity index (χ4n) is 3.72. The van der Waals surface area contributed by atoms with Crippen LogP contribution in [0.4, 0.5) is 0 Å². The minimum atomic E-state index is 0. The number of hydrogen-bond acceptors (Lipinski definition) is 1. The van der Waals surface area contributed by atoms with Crippen LogP contribution in [0.15, 0.2) is 72.9 Å². The molecule has 0 aromatic rings. The Morgan fingerprint density at radius 1 is 0.394 bits per heavy atom. The summed E-state index contributed by atoms with van der Waals surface area (Å²) >= 11 is 0. The summed E-state index contributed by atoms with van der Waals surface area (Å²) in [6.45, 7) is 2.00. The Bertz CT molecular complexity index is 571. The number of hydrogen-bond donors (Lipinski definition) is 0. The third-order valence-electron chi connectivity index (χ3n) is 5.47. The number of rotatable bonds is 0. The number of fused-ring (bicyclic) bond motifs is 3. The van der Waals surface area contributed by atoms with Crippen molar-refractivity contribution in [3.63, 3.8) is 0 Å². The maximum atomic E-state index is 4.94. The van der Waals surface area contributed by atoms with E-state index < -0.39 is 0 Å². The molecule has 7 aliphatic rings. The molecular formula is C31H29OTb. The molecule has 4 fully saturated rings. The summed E-state index contributed by atoms with van der Waals surface area (Å²) in [5.41, 5.74) is 0. The van der Waals surface area contributed by atoms with Crippen LogP contribution in [0, 0.1) is 132 Å². The van der Waals surface area contributed by atoms with Crippen LogP contribution < -0.4 is 0 Å². The van der Waals surface area contributed by atoms with E-state index in [1.54, 1.807) is 0 Å². The smallest absolute Gasteiger partial charge is 0.0466 e. The zero-order valence-corrected chi connectivity index (χ0v) is 20.8. The van der Waals surface area contributed by atoms with E-state index in [1.807, 2.05) is 0 Å². The number of allylic oxidation sites excluding steroid dienone is 12. The fourth-order valence-corrected chi connectivity index (χ4v) is 3.72. The SMILES string of the molecule is C1CCOC1.[CH]1[CH][C]2C=CC=C[C]2[CH]1.[CH]1[CH][C]2C=CC=C[C]2[CH]1.[CH]1[CH][C]2C=CC=C[C]2[CH]1.[Tb]. The van der Waals surface area contributed by atoms with Crippen molar-refractivity contribution in [2.45, 2.75) is 12.8 Å². The fraction of sp³-hybridized carbons (Fsp3) is 0.129. The van der Waals surface area contributed by atoms with Gasteiger partial charge in [-0.15, -0.1) is 0 Å². The molecule has 0 spiro atoms. The molecule has 2 heteroatoms. The summed E-state index contributed by atoms with van der Waals surface area (Å²) in [7, 11) is 0. The molecule has 1 nitrogen and oxygen atoms in total. The van der Waals surface area contributed by atoms with Crippen molar-refractivity contribution in [3.05, 3.63) is 166 Å². The standard InChI is InChI=1S/3C9H7.C4H8O.Tb/c3*1-2-5-9-7-3-6-8(9)4-1;1-2-4-5-3-1;/h3*1-7H;1-4H2;. The van der Waals surface area contributed by atoms with Crippen LogP contribution in [0.5, 0.6) is 0 Å². The Balaban J connectivity index is 0.000000125. The second-order valence-electron chi connectivity index (χ2n) is 7.78. The Labute approximate surface area is 234 Å². The molecule has 0 aromatic carbocycles. The van der Waals surface area contributed by atoms with Gasteiger partial charge >= 0.3 is 0 Å². The zero-order valence-electron chi connectivity index (χ0n) is 18.7. The first-order valence-corrected chi connectivity index (χ1v) is 11.3. The molecular weight excluding hydrogens is 547 g/mol. The van der Waals surface area contributed by atoms with Gasteiger partial charge in [-0.05, 0) is 70.6 Å². The molecule has 0 aromatic heterocycles. The van der Waals surface area contributed by atoms with Gasteiger partial charge in [-0.2, -0.15) is 0 Å². The van der Waals surface area contributed by atoms with E-state index in [1.165, 1.54) is 48.3 Å². The topological polar surface area (TPSA) is 9.23 Å². The van der Waals surface area contributed by atoms with Gasteiger partial charge in [-0.1, -0.05) is 72.9 Å². The molecule has 16 radical (unpaired) electrons. The summed E-state index contributed by atoms with van der Waals surface area (Å²) in [6.07, 6.45) is 46.6. The van der Waals surface area contributed by atoms with Crippen molar-refractivity contribution in [1.82, 2.24) is 0 Å². The van der Waals surface area contributed by atoms with Gasteiger partial charge in [0, 0.05) is 87.3 Å². The molecule has 0 unspecified atom stereocenters. The summed E-state index contributed by atoms with van der Waals surface area (Å²) in [6, 6.07) is 0. The molecule has 0 bridgehead atoms. The Morgan fingerprint density at radius 2 is 0.636 bits per heavy atom. The van der Waals surface area contributed by atoms with Gasteiger partial charge in [0.1, 0.15) is 0 Å². The van der Waals surface area contributed by atoms with E-state index in [0.717, 1.165) is 13.2 Å². The van der Waals surface area contributed by atoms with E-state index in [-0.39, 0.29) is 38.6 Å². The van der Waals surface area contributed by atoms with E-state index >= 15 is 0 Å². The first-order chi connectivity index (χ1) is 15.9. The van der Waals surface area contributed by atoms with Crippen LogP contribution in [0.25, 0.3) is 0 Å². The summed E-state index contributed by atoms with van der Waals surface area (Å²) in [5.74, 6) is 7.99. The van der Waals surface area contributed by atoms with Crippen LogP contribution in [-0.2, 0) is 4.74 Å². The average molecular weight is 576 g/mol. The molecule has 33 heavy (non-hydrogen) atoms. The van der Waals surface area contributed by atoms with Gasteiger partial charge in [0.25, 0.3) is 0 Å². The van der Waals surface area contributed by atoms with Gasteiger partial charge in [-0.3, -0.25) is 0 Å². The van der Waals surface area contributed by atoms with Crippen LogP contribution in [0.2, 0.25) is 0 Å². The predicted molar refractivity (Wildman–Crippen MR) is 133 cm³/mol. The monoisotopic (exact) mass is 576 g/mol. The average Bonchev–Trinajstić information content (AvgIpc) is 3.67. The van der Waals surface area contributed by atoms with Crippen molar-refractivity contribution in [2.24, 2.45) is 0 Å². The van der Waals surface area contributed by atoms with E-state index in [4.69, 9.17) is 4.74 Å². The maximum absolute atomic E-state index is 4.94. The molecule has 0 N–H and O–H groups in total. The first kappa shape index (κ1) is 27.3. The van der Waals surface area contributed by atoms with Crippen LogP contribution in [0.3, 0.4) is 0 Å². The Morgan fingerprint density at radius 3 is 0.818 bits per heavy atom. The molecule has 0 atom stereocenters. The number of ether oxygens (including phenoxy) is 1. The van der Waals surface area contributed by atoms with Crippen molar-refractivity contribution in [1.29, 1.82) is 0 Å². The van der Waals surface area contributed by atoms with E-state index in [2.05, 4.69) is 131 Å². The molecule has 7 rings (SSSR count). The molecule has 6 aliphatic carbocycles. The van der Waals surface area contributed by atoms with Crippen LogP contribution in [0.1, 0.15) is 12.8 Å². The predicted octanol–water partition coefficient (Wildman–Crippen LogP) is 6.46. The summed E-state index contributed by atoms with van der Waals surface area (Å²) in [4.78, 5) is 0. The molecule has 1 saturated heterocycles. The maximum Gasteiger partial charge on any atom is 0.0466 e. The van der Waals surface area contributed by atoms with Gasteiger partial charge < -0.3 is 4.74 Å². The largest absolute Gasteiger partial charge is 0.381 e. The Hall–Kier alpha value is -0.314. The minimum Gasteiger partial charge on any atom is -0.381 e. The van der Waals surface area contributed by atoms with Crippen LogP contribution >= 0.6 is 0 Å². The summed E-state index contributed by atoms with van der Waals surface area (Å²) in [5, 5.41) is 0. The molecule has 3 saturated carbocycles. The van der Waals surface area contributed by atoms with Gasteiger partial charge in [0.2, 0.25) is 0 Å².